The maximum absolute atomic E-state index is 12.1. The number of fused-ring (bicyclic) bond motifs is 1. The molecule has 1 fully saturated rings. The Morgan fingerprint density at radius 2 is 2.20 bits per heavy atom. The lowest BCUT2D eigenvalue weighted by molar-refractivity contribution is -0.134. The van der Waals surface area contributed by atoms with Crippen LogP contribution < -0.4 is 4.90 Å². The van der Waals surface area contributed by atoms with Crippen molar-refractivity contribution in [1.82, 2.24) is 9.88 Å². The van der Waals surface area contributed by atoms with E-state index >= 15 is 0 Å². The van der Waals surface area contributed by atoms with Crippen molar-refractivity contribution in [1.29, 1.82) is 5.26 Å². The average Bonchev–Trinajstić information content (AvgIpc) is 2.60. The molecule has 1 saturated heterocycles. The van der Waals surface area contributed by atoms with Gasteiger partial charge in [0.1, 0.15) is 6.07 Å². The van der Waals surface area contributed by atoms with Crippen molar-refractivity contribution in [3.05, 3.63) is 36.0 Å². The Balaban J connectivity index is 1.98. The number of benzene rings is 1. The Bertz CT molecular complexity index is 843. The van der Waals surface area contributed by atoms with E-state index in [1.54, 1.807) is 20.3 Å². The molecular weight excluding hydrogens is 316 g/mol. The van der Waals surface area contributed by atoms with Crippen LogP contribution >= 0.6 is 0 Å². The minimum atomic E-state index is -1.09. The number of rotatable bonds is 3. The summed E-state index contributed by atoms with van der Waals surface area (Å²) in [5.41, 5.74) is 1.01. The number of carbonyl (C=O) groups is 1. The molecule has 0 saturated carbocycles. The van der Waals surface area contributed by atoms with Crippen LogP contribution in [0.1, 0.15) is 24.8 Å². The Labute approximate surface area is 147 Å². The number of nitriles is 1. The molecule has 2 heterocycles. The summed E-state index contributed by atoms with van der Waals surface area (Å²) in [5.74, 6) is -0.0931. The Morgan fingerprint density at radius 3 is 2.92 bits per heavy atom. The van der Waals surface area contributed by atoms with Gasteiger partial charge in [-0.2, -0.15) is 5.26 Å². The van der Waals surface area contributed by atoms with Crippen LogP contribution in [0.25, 0.3) is 10.9 Å². The third kappa shape index (κ3) is 3.42. The van der Waals surface area contributed by atoms with E-state index in [1.165, 1.54) is 4.90 Å². The van der Waals surface area contributed by atoms with E-state index in [1.807, 2.05) is 29.2 Å². The fourth-order valence-electron chi connectivity index (χ4n) is 3.44. The van der Waals surface area contributed by atoms with Gasteiger partial charge >= 0.3 is 0 Å². The fraction of sp³-hybridized carbons (Fsp3) is 0.421. The highest BCUT2D eigenvalue weighted by atomic mass is 16.3. The third-order valence-electron chi connectivity index (χ3n) is 4.72. The van der Waals surface area contributed by atoms with Gasteiger partial charge in [-0.05, 0) is 18.9 Å². The number of aliphatic hydroxyl groups is 1. The number of β-amino-alcohol motifs (C(OH)–C–C–N with tert-alkyl or cyclic N) is 1. The number of pyridine rings is 1. The molecule has 1 aromatic heterocycles. The molecule has 1 atom stereocenters. The highest BCUT2D eigenvalue weighted by Gasteiger charge is 2.37. The van der Waals surface area contributed by atoms with E-state index < -0.39 is 5.60 Å². The first kappa shape index (κ1) is 17.2. The van der Waals surface area contributed by atoms with E-state index in [0.29, 0.717) is 18.5 Å². The average molecular weight is 338 g/mol. The zero-order valence-corrected chi connectivity index (χ0v) is 14.6. The van der Waals surface area contributed by atoms with Gasteiger partial charge in [-0.1, -0.05) is 18.2 Å². The van der Waals surface area contributed by atoms with E-state index in [2.05, 4.69) is 11.1 Å². The molecule has 0 aliphatic carbocycles. The normalized spacial score (nSPS) is 20.3. The van der Waals surface area contributed by atoms with Gasteiger partial charge in [0.2, 0.25) is 5.91 Å². The fourth-order valence-corrected chi connectivity index (χ4v) is 3.44. The van der Waals surface area contributed by atoms with E-state index in [0.717, 1.165) is 29.6 Å². The summed E-state index contributed by atoms with van der Waals surface area (Å²) in [7, 11) is 3.38. The monoisotopic (exact) mass is 338 g/mol. The second-order valence-electron chi connectivity index (χ2n) is 6.86. The smallest absolute Gasteiger partial charge is 0.225 e. The number of nitrogens with zero attached hydrogens (tertiary/aromatic N) is 4. The molecule has 1 amide bonds. The third-order valence-corrected chi connectivity index (χ3v) is 4.72. The van der Waals surface area contributed by atoms with Crippen molar-refractivity contribution in [2.24, 2.45) is 0 Å². The molecule has 130 valence electrons. The predicted octanol–water partition coefficient (Wildman–Crippen LogP) is 1.92. The Morgan fingerprint density at radius 1 is 1.44 bits per heavy atom. The van der Waals surface area contributed by atoms with E-state index in [4.69, 9.17) is 0 Å². The summed E-state index contributed by atoms with van der Waals surface area (Å²) in [5, 5.41) is 21.4. The van der Waals surface area contributed by atoms with Gasteiger partial charge in [0, 0.05) is 38.8 Å². The standard InChI is InChI=1S/C19H22N4O2/c1-22(2)17(24)10-19(25)8-5-9-23(13-19)18-14(11-20)12-21-16-7-4-3-6-15(16)18/h3-4,6-7,12,25H,5,8-10,13H2,1-2H3. The summed E-state index contributed by atoms with van der Waals surface area (Å²) in [6.45, 7) is 1.07. The first-order valence-electron chi connectivity index (χ1n) is 8.39. The number of hydrogen-bond acceptors (Lipinski definition) is 5. The van der Waals surface area contributed by atoms with Gasteiger partial charge in [0.25, 0.3) is 0 Å². The zero-order chi connectivity index (χ0) is 18.0. The van der Waals surface area contributed by atoms with Crippen molar-refractivity contribution in [3.63, 3.8) is 0 Å². The molecule has 0 bridgehead atoms. The largest absolute Gasteiger partial charge is 0.388 e. The quantitative estimate of drug-likeness (QED) is 0.925. The molecule has 1 unspecified atom stereocenters. The second-order valence-corrected chi connectivity index (χ2v) is 6.86. The number of para-hydroxylation sites is 1. The molecule has 1 N–H and O–H groups in total. The van der Waals surface area contributed by atoms with Gasteiger partial charge < -0.3 is 14.9 Å². The molecule has 1 aliphatic rings. The summed E-state index contributed by atoms with van der Waals surface area (Å²) in [6.07, 6.45) is 3.00. The van der Waals surface area contributed by atoms with Crippen LogP contribution in [0.4, 0.5) is 5.69 Å². The molecule has 2 aromatic rings. The number of carbonyl (C=O) groups excluding carboxylic acids is 1. The second kappa shape index (κ2) is 6.69. The highest BCUT2D eigenvalue weighted by molar-refractivity contribution is 5.94. The van der Waals surface area contributed by atoms with Crippen molar-refractivity contribution in [2.75, 3.05) is 32.1 Å². The molecular formula is C19H22N4O2. The van der Waals surface area contributed by atoms with Crippen molar-refractivity contribution < 1.29 is 9.90 Å². The minimum Gasteiger partial charge on any atom is -0.388 e. The first-order valence-corrected chi connectivity index (χ1v) is 8.39. The molecule has 0 spiro atoms. The van der Waals surface area contributed by atoms with Gasteiger partial charge in [0.15, 0.2) is 0 Å². The van der Waals surface area contributed by atoms with E-state index in [-0.39, 0.29) is 12.3 Å². The maximum Gasteiger partial charge on any atom is 0.225 e. The summed E-state index contributed by atoms with van der Waals surface area (Å²) in [4.78, 5) is 19.9. The van der Waals surface area contributed by atoms with Gasteiger partial charge in [0.05, 0.1) is 28.8 Å². The topological polar surface area (TPSA) is 80.5 Å². The molecule has 3 rings (SSSR count). The number of amides is 1. The minimum absolute atomic E-state index is 0.0847. The Kier molecular flexibility index (Phi) is 4.60. The van der Waals surface area contributed by atoms with Crippen molar-refractivity contribution >= 4 is 22.5 Å². The van der Waals surface area contributed by atoms with Crippen LogP contribution in [0.2, 0.25) is 0 Å². The number of anilines is 1. The van der Waals surface area contributed by atoms with Crippen LogP contribution in [0.3, 0.4) is 0 Å². The summed E-state index contributed by atoms with van der Waals surface area (Å²) in [6, 6.07) is 9.89. The lowest BCUT2D eigenvalue weighted by Gasteiger charge is -2.41. The first-order chi connectivity index (χ1) is 11.9. The van der Waals surface area contributed by atoms with Crippen LogP contribution in [-0.2, 0) is 4.79 Å². The highest BCUT2D eigenvalue weighted by Crippen LogP contribution is 2.34. The van der Waals surface area contributed by atoms with Crippen molar-refractivity contribution in [3.8, 4) is 6.07 Å². The van der Waals surface area contributed by atoms with E-state index in [9.17, 15) is 15.2 Å². The Hall–Kier alpha value is -2.65. The zero-order valence-electron chi connectivity index (χ0n) is 14.6. The van der Waals surface area contributed by atoms with Gasteiger partial charge in [-0.25, -0.2) is 0 Å². The van der Waals surface area contributed by atoms with Crippen LogP contribution in [0.15, 0.2) is 30.5 Å². The van der Waals surface area contributed by atoms with Crippen LogP contribution in [0, 0.1) is 11.3 Å². The number of piperidine rings is 1. The molecule has 25 heavy (non-hydrogen) atoms. The van der Waals surface area contributed by atoms with Gasteiger partial charge in [-0.15, -0.1) is 0 Å². The summed E-state index contributed by atoms with van der Waals surface area (Å²) < 4.78 is 0. The molecule has 6 heteroatoms. The lowest BCUT2D eigenvalue weighted by Crippen LogP contribution is -2.50. The maximum atomic E-state index is 12.1. The van der Waals surface area contributed by atoms with Crippen LogP contribution in [-0.4, -0.2) is 53.7 Å². The SMILES string of the molecule is CN(C)C(=O)CC1(O)CCCN(c2c(C#N)cnc3ccccc23)C1. The lowest BCUT2D eigenvalue weighted by atomic mass is 9.88. The van der Waals surface area contributed by atoms with Crippen LogP contribution in [0.5, 0.6) is 0 Å². The number of hydrogen-bond donors (Lipinski definition) is 1. The molecule has 0 radical (unpaired) electrons. The molecule has 6 nitrogen and oxygen atoms in total. The number of aromatic nitrogens is 1. The molecule has 1 aliphatic heterocycles. The van der Waals surface area contributed by atoms with Gasteiger partial charge in [-0.3, -0.25) is 9.78 Å². The predicted molar refractivity (Wildman–Crippen MR) is 96.2 cm³/mol. The summed E-state index contributed by atoms with van der Waals surface area (Å²) >= 11 is 0. The molecule has 1 aromatic carbocycles. The van der Waals surface area contributed by atoms with Crippen molar-refractivity contribution in [2.45, 2.75) is 24.9 Å².